The summed E-state index contributed by atoms with van der Waals surface area (Å²) in [5.74, 6) is 0.792. The number of hydrogen-bond acceptors (Lipinski definition) is 2. The molecule has 1 heterocycles. The van der Waals surface area contributed by atoms with Gasteiger partial charge in [0.1, 0.15) is 11.7 Å². The third-order valence-corrected chi connectivity index (χ3v) is 4.19. The molecule has 1 aliphatic heterocycles. The lowest BCUT2D eigenvalue weighted by Crippen LogP contribution is -2.34. The molecule has 2 aliphatic rings. The molecular formula is C16H22N2O. The fraction of sp³-hybridized carbons (Fsp3) is 0.562. The van der Waals surface area contributed by atoms with Gasteiger partial charge in [0.05, 0.1) is 0 Å². The van der Waals surface area contributed by atoms with Gasteiger partial charge in [0.15, 0.2) is 0 Å². The summed E-state index contributed by atoms with van der Waals surface area (Å²) in [6.07, 6.45) is 2.03. The predicted molar refractivity (Wildman–Crippen MR) is 75.6 cm³/mol. The Bertz CT molecular complexity index is 505. The van der Waals surface area contributed by atoms with E-state index in [1.807, 2.05) is 4.90 Å². The second-order valence-electron chi connectivity index (χ2n) is 6.34. The van der Waals surface area contributed by atoms with Gasteiger partial charge in [0.25, 0.3) is 0 Å². The zero-order valence-electron chi connectivity index (χ0n) is 11.9. The van der Waals surface area contributed by atoms with Crippen molar-refractivity contribution in [1.82, 2.24) is 10.2 Å². The van der Waals surface area contributed by atoms with Gasteiger partial charge in [-0.2, -0.15) is 0 Å². The van der Waals surface area contributed by atoms with Gasteiger partial charge < -0.3 is 4.90 Å². The van der Waals surface area contributed by atoms with Crippen LogP contribution in [0.2, 0.25) is 0 Å². The Morgan fingerprint density at radius 1 is 1.37 bits per heavy atom. The van der Waals surface area contributed by atoms with Gasteiger partial charge in [-0.1, -0.05) is 38.1 Å². The summed E-state index contributed by atoms with van der Waals surface area (Å²) < 4.78 is 0. The lowest BCUT2D eigenvalue weighted by Gasteiger charge is -2.27. The molecule has 0 radical (unpaired) electrons. The molecule has 1 spiro atoms. The number of hydrogen-bond donors (Lipinski definition) is 1. The van der Waals surface area contributed by atoms with E-state index in [1.165, 1.54) is 11.1 Å². The minimum atomic E-state index is -0.234. The third-order valence-electron chi connectivity index (χ3n) is 4.19. The van der Waals surface area contributed by atoms with Gasteiger partial charge in [0, 0.05) is 6.54 Å². The Balaban J connectivity index is 1.94. The minimum absolute atomic E-state index is 0.0543. The summed E-state index contributed by atoms with van der Waals surface area (Å²) in [6.45, 7) is 7.28. The smallest absolute Gasteiger partial charge is 0.244 e. The highest BCUT2D eigenvalue weighted by molar-refractivity contribution is 5.92. The van der Waals surface area contributed by atoms with Crippen LogP contribution in [0.15, 0.2) is 24.3 Å². The van der Waals surface area contributed by atoms with Gasteiger partial charge in [-0.3, -0.25) is 10.1 Å². The molecule has 3 heteroatoms. The molecule has 1 atom stereocenters. The van der Waals surface area contributed by atoms with Crippen LogP contribution < -0.4 is 5.32 Å². The van der Waals surface area contributed by atoms with E-state index in [0.717, 1.165) is 19.4 Å². The number of amides is 1. The Morgan fingerprint density at radius 3 is 2.63 bits per heavy atom. The van der Waals surface area contributed by atoms with Crippen molar-refractivity contribution >= 4 is 5.91 Å². The summed E-state index contributed by atoms with van der Waals surface area (Å²) in [5, 5.41) is 3.58. The van der Waals surface area contributed by atoms with E-state index in [2.05, 4.69) is 50.4 Å². The van der Waals surface area contributed by atoms with E-state index < -0.39 is 0 Å². The summed E-state index contributed by atoms with van der Waals surface area (Å²) in [7, 11) is 0. The van der Waals surface area contributed by atoms with E-state index in [4.69, 9.17) is 0 Å². The number of carbonyl (C=O) groups excluding carboxylic acids is 1. The summed E-state index contributed by atoms with van der Waals surface area (Å²) >= 11 is 0. The molecule has 1 unspecified atom stereocenters. The fourth-order valence-corrected chi connectivity index (χ4v) is 3.00. The van der Waals surface area contributed by atoms with Crippen LogP contribution in [0, 0.1) is 12.8 Å². The number of nitrogens with one attached hydrogen (secondary N) is 1. The summed E-state index contributed by atoms with van der Waals surface area (Å²) in [5.41, 5.74) is 2.25. The Hall–Kier alpha value is -1.35. The lowest BCUT2D eigenvalue weighted by molar-refractivity contribution is -0.131. The first-order chi connectivity index (χ1) is 9.03. The van der Waals surface area contributed by atoms with Crippen LogP contribution in [-0.2, 0) is 4.79 Å². The molecular weight excluding hydrogens is 236 g/mol. The number of aryl methyl sites for hydroxylation is 1. The highest BCUT2D eigenvalue weighted by atomic mass is 16.2. The van der Waals surface area contributed by atoms with Crippen LogP contribution >= 0.6 is 0 Å². The molecule has 3 rings (SSSR count). The number of carbonyl (C=O) groups is 1. The van der Waals surface area contributed by atoms with Gasteiger partial charge >= 0.3 is 0 Å². The number of nitrogens with zero attached hydrogens (tertiary/aromatic N) is 1. The molecule has 1 aromatic carbocycles. The van der Waals surface area contributed by atoms with E-state index in [9.17, 15) is 4.79 Å². The zero-order valence-corrected chi connectivity index (χ0v) is 11.9. The van der Waals surface area contributed by atoms with Crippen LogP contribution in [0.25, 0.3) is 0 Å². The second-order valence-corrected chi connectivity index (χ2v) is 6.34. The molecule has 3 nitrogen and oxygen atoms in total. The molecule has 1 saturated carbocycles. The second kappa shape index (κ2) is 4.34. The monoisotopic (exact) mass is 258 g/mol. The van der Waals surface area contributed by atoms with Crippen molar-refractivity contribution in [2.75, 3.05) is 6.54 Å². The van der Waals surface area contributed by atoms with Crippen LogP contribution in [0.4, 0.5) is 0 Å². The van der Waals surface area contributed by atoms with Crippen molar-refractivity contribution in [2.45, 2.75) is 45.3 Å². The molecule has 1 aromatic rings. The molecule has 1 saturated heterocycles. The van der Waals surface area contributed by atoms with Gasteiger partial charge in [-0.25, -0.2) is 0 Å². The first-order valence-electron chi connectivity index (χ1n) is 7.18. The zero-order chi connectivity index (χ0) is 13.6. The van der Waals surface area contributed by atoms with E-state index in [-0.39, 0.29) is 11.7 Å². The average Bonchev–Trinajstić information content (AvgIpc) is 3.09. The van der Waals surface area contributed by atoms with Crippen molar-refractivity contribution in [3.8, 4) is 0 Å². The third kappa shape index (κ3) is 2.06. The van der Waals surface area contributed by atoms with Gasteiger partial charge in [-0.15, -0.1) is 0 Å². The van der Waals surface area contributed by atoms with Crippen LogP contribution in [0.1, 0.15) is 44.0 Å². The molecule has 1 N–H and O–H groups in total. The Kier molecular flexibility index (Phi) is 2.90. The Labute approximate surface area is 115 Å². The van der Waals surface area contributed by atoms with Crippen LogP contribution in [0.5, 0.6) is 0 Å². The van der Waals surface area contributed by atoms with E-state index in [0.29, 0.717) is 11.8 Å². The first kappa shape index (κ1) is 12.7. The van der Waals surface area contributed by atoms with Crippen molar-refractivity contribution in [1.29, 1.82) is 0 Å². The quantitative estimate of drug-likeness (QED) is 0.904. The normalized spacial score (nSPS) is 24.5. The predicted octanol–water partition coefficient (Wildman–Crippen LogP) is 2.61. The number of benzene rings is 1. The van der Waals surface area contributed by atoms with Crippen molar-refractivity contribution in [3.63, 3.8) is 0 Å². The van der Waals surface area contributed by atoms with E-state index >= 15 is 0 Å². The van der Waals surface area contributed by atoms with E-state index in [1.54, 1.807) is 0 Å². The average molecular weight is 258 g/mol. The van der Waals surface area contributed by atoms with Gasteiger partial charge in [-0.05, 0) is 36.8 Å². The minimum Gasteiger partial charge on any atom is -0.321 e. The maximum atomic E-state index is 12.6. The summed E-state index contributed by atoms with van der Waals surface area (Å²) in [4.78, 5) is 14.6. The topological polar surface area (TPSA) is 32.3 Å². The molecule has 0 aromatic heterocycles. The SMILES string of the molecule is Cc1ccccc1C1NC2(CC2)C(=O)N1CC(C)C. The van der Waals surface area contributed by atoms with Crippen LogP contribution in [0.3, 0.4) is 0 Å². The molecule has 2 fully saturated rings. The molecule has 0 bridgehead atoms. The largest absolute Gasteiger partial charge is 0.321 e. The molecule has 19 heavy (non-hydrogen) atoms. The highest BCUT2D eigenvalue weighted by Gasteiger charge is 2.59. The highest BCUT2D eigenvalue weighted by Crippen LogP contribution is 2.46. The Morgan fingerprint density at radius 2 is 2.05 bits per heavy atom. The summed E-state index contributed by atoms with van der Waals surface area (Å²) in [6, 6.07) is 8.36. The standard InChI is InChI=1S/C16H22N2O/c1-11(2)10-18-14(13-7-5-4-6-12(13)3)17-16(8-9-16)15(18)19/h4-7,11,14,17H,8-10H2,1-3H3. The first-order valence-corrected chi connectivity index (χ1v) is 7.18. The lowest BCUT2D eigenvalue weighted by atomic mass is 10.1. The molecule has 102 valence electrons. The van der Waals surface area contributed by atoms with Crippen LogP contribution in [-0.4, -0.2) is 22.9 Å². The fourth-order valence-electron chi connectivity index (χ4n) is 3.00. The number of rotatable bonds is 3. The van der Waals surface area contributed by atoms with Crippen molar-refractivity contribution < 1.29 is 4.79 Å². The van der Waals surface area contributed by atoms with Crippen molar-refractivity contribution in [2.24, 2.45) is 5.92 Å². The maximum Gasteiger partial charge on any atom is 0.244 e. The molecule has 1 amide bonds. The van der Waals surface area contributed by atoms with Crippen molar-refractivity contribution in [3.05, 3.63) is 35.4 Å². The maximum absolute atomic E-state index is 12.6. The molecule has 1 aliphatic carbocycles. The van der Waals surface area contributed by atoms with Gasteiger partial charge in [0.2, 0.25) is 5.91 Å².